The maximum absolute atomic E-state index is 13.5. The standard InChI is InChI=1S/C23H18FNO2S2/c1-17-7-13-21(14-8-17)29(26,27)25-16-15-22(28-20-5-3-2-4-6-20)23(25)18-9-11-19(24)12-10-18/h2-16H,1H3. The molecule has 0 N–H and O–H groups in total. The predicted octanol–water partition coefficient (Wildman–Crippen LogP) is 5.99. The van der Waals surface area contributed by atoms with Crippen LogP contribution in [-0.4, -0.2) is 12.4 Å². The van der Waals surface area contributed by atoms with Gasteiger partial charge in [0.15, 0.2) is 0 Å². The van der Waals surface area contributed by atoms with Gasteiger partial charge in [-0.15, -0.1) is 0 Å². The topological polar surface area (TPSA) is 39.1 Å². The largest absolute Gasteiger partial charge is 0.268 e. The lowest BCUT2D eigenvalue weighted by molar-refractivity contribution is 0.588. The molecule has 4 rings (SSSR count). The summed E-state index contributed by atoms with van der Waals surface area (Å²) in [6, 6.07) is 24.1. The molecule has 0 saturated heterocycles. The van der Waals surface area contributed by atoms with E-state index in [1.807, 2.05) is 37.3 Å². The Bertz CT molecular complexity index is 1230. The minimum absolute atomic E-state index is 0.207. The summed E-state index contributed by atoms with van der Waals surface area (Å²) in [5.74, 6) is -0.370. The number of hydrogen-bond donors (Lipinski definition) is 0. The van der Waals surface area contributed by atoms with Crippen LogP contribution >= 0.6 is 11.8 Å². The molecule has 0 unspecified atom stereocenters. The van der Waals surface area contributed by atoms with Crippen molar-refractivity contribution in [2.75, 3.05) is 0 Å². The molecule has 29 heavy (non-hydrogen) atoms. The van der Waals surface area contributed by atoms with Gasteiger partial charge in [0.1, 0.15) is 5.82 Å². The molecule has 4 aromatic rings. The summed E-state index contributed by atoms with van der Waals surface area (Å²) in [5, 5.41) is 0. The van der Waals surface area contributed by atoms with Crippen LogP contribution in [0, 0.1) is 12.7 Å². The van der Waals surface area contributed by atoms with Crippen LogP contribution in [0.15, 0.2) is 106 Å². The van der Waals surface area contributed by atoms with Crippen LogP contribution in [0.4, 0.5) is 4.39 Å². The molecule has 0 spiro atoms. The van der Waals surface area contributed by atoms with Gasteiger partial charge >= 0.3 is 0 Å². The number of nitrogens with zero attached hydrogens (tertiary/aromatic N) is 1. The highest BCUT2D eigenvalue weighted by Crippen LogP contribution is 2.38. The van der Waals surface area contributed by atoms with E-state index in [1.54, 1.807) is 48.7 Å². The number of aromatic nitrogens is 1. The van der Waals surface area contributed by atoms with E-state index in [-0.39, 0.29) is 10.7 Å². The summed E-state index contributed by atoms with van der Waals surface area (Å²) in [6.45, 7) is 1.91. The molecule has 6 heteroatoms. The lowest BCUT2D eigenvalue weighted by Gasteiger charge is -2.13. The van der Waals surface area contributed by atoms with Crippen LogP contribution in [0.5, 0.6) is 0 Å². The fraction of sp³-hybridized carbons (Fsp3) is 0.0435. The molecule has 0 fully saturated rings. The maximum Gasteiger partial charge on any atom is 0.268 e. The maximum atomic E-state index is 13.5. The molecule has 0 aliphatic rings. The summed E-state index contributed by atoms with van der Waals surface area (Å²) in [7, 11) is -3.81. The number of hydrogen-bond acceptors (Lipinski definition) is 3. The van der Waals surface area contributed by atoms with E-state index in [4.69, 9.17) is 0 Å². The highest BCUT2D eigenvalue weighted by Gasteiger charge is 2.23. The lowest BCUT2D eigenvalue weighted by Crippen LogP contribution is -2.13. The quantitative estimate of drug-likeness (QED) is 0.396. The first-order chi connectivity index (χ1) is 13.9. The van der Waals surface area contributed by atoms with E-state index in [0.29, 0.717) is 11.3 Å². The van der Waals surface area contributed by atoms with Crippen LogP contribution in [0.3, 0.4) is 0 Å². The summed E-state index contributed by atoms with van der Waals surface area (Å²) in [6.07, 6.45) is 1.55. The zero-order valence-corrected chi connectivity index (χ0v) is 17.3. The first kappa shape index (κ1) is 19.5. The van der Waals surface area contributed by atoms with Crippen molar-refractivity contribution in [3.05, 3.63) is 103 Å². The molecule has 0 bridgehead atoms. The fourth-order valence-electron chi connectivity index (χ4n) is 3.00. The Morgan fingerprint density at radius 1 is 0.828 bits per heavy atom. The van der Waals surface area contributed by atoms with Gasteiger partial charge in [-0.2, -0.15) is 0 Å². The molecule has 1 heterocycles. The lowest BCUT2D eigenvalue weighted by atomic mass is 10.1. The Balaban J connectivity index is 1.88. The van der Waals surface area contributed by atoms with Gasteiger partial charge in [-0.05, 0) is 61.5 Å². The van der Waals surface area contributed by atoms with Crippen LogP contribution < -0.4 is 0 Å². The van der Waals surface area contributed by atoms with Gasteiger partial charge in [0.05, 0.1) is 10.6 Å². The van der Waals surface area contributed by atoms with Gasteiger partial charge in [0.2, 0.25) is 0 Å². The first-order valence-electron chi connectivity index (χ1n) is 8.97. The third-order valence-electron chi connectivity index (χ3n) is 4.48. The third kappa shape index (κ3) is 3.99. The molecule has 0 aliphatic heterocycles. The third-order valence-corrected chi connectivity index (χ3v) is 7.23. The Kier molecular flexibility index (Phi) is 5.30. The Morgan fingerprint density at radius 2 is 1.48 bits per heavy atom. The van der Waals surface area contributed by atoms with E-state index in [1.165, 1.54) is 27.9 Å². The fourth-order valence-corrected chi connectivity index (χ4v) is 5.42. The van der Waals surface area contributed by atoms with Crippen LogP contribution in [0.25, 0.3) is 11.3 Å². The monoisotopic (exact) mass is 423 g/mol. The smallest absolute Gasteiger partial charge is 0.240 e. The molecule has 3 aromatic carbocycles. The van der Waals surface area contributed by atoms with Gasteiger partial charge in [-0.25, -0.2) is 16.8 Å². The molecule has 0 saturated carbocycles. The van der Waals surface area contributed by atoms with Crippen molar-refractivity contribution in [3.63, 3.8) is 0 Å². The molecule has 1 aromatic heterocycles. The number of halogens is 1. The van der Waals surface area contributed by atoms with Crippen LogP contribution in [0.2, 0.25) is 0 Å². The van der Waals surface area contributed by atoms with Crippen LogP contribution in [0.1, 0.15) is 5.56 Å². The Labute approximate surface area is 173 Å². The second kappa shape index (κ2) is 7.89. The first-order valence-corrected chi connectivity index (χ1v) is 11.2. The van der Waals surface area contributed by atoms with Gasteiger partial charge in [-0.1, -0.05) is 47.7 Å². The van der Waals surface area contributed by atoms with E-state index in [2.05, 4.69) is 0 Å². The van der Waals surface area contributed by atoms with Crippen LogP contribution in [-0.2, 0) is 10.0 Å². The summed E-state index contributed by atoms with van der Waals surface area (Å²) < 4.78 is 41.5. The Morgan fingerprint density at radius 3 is 2.14 bits per heavy atom. The van der Waals surface area contributed by atoms with Crippen molar-refractivity contribution >= 4 is 21.8 Å². The number of rotatable bonds is 5. The van der Waals surface area contributed by atoms with Gasteiger partial charge in [0.25, 0.3) is 10.0 Å². The van der Waals surface area contributed by atoms with Crippen molar-refractivity contribution in [2.45, 2.75) is 21.6 Å². The van der Waals surface area contributed by atoms with Crippen molar-refractivity contribution in [1.29, 1.82) is 0 Å². The van der Waals surface area contributed by atoms with E-state index in [0.717, 1.165) is 15.4 Å². The predicted molar refractivity (Wildman–Crippen MR) is 114 cm³/mol. The normalized spacial score (nSPS) is 11.5. The summed E-state index contributed by atoms with van der Waals surface area (Å²) >= 11 is 1.47. The minimum atomic E-state index is -3.81. The van der Waals surface area contributed by atoms with E-state index in [9.17, 15) is 12.8 Å². The second-order valence-corrected chi connectivity index (χ2v) is 9.49. The average Bonchev–Trinajstić information content (AvgIpc) is 3.14. The number of aryl methyl sites for hydroxylation is 1. The van der Waals surface area contributed by atoms with E-state index >= 15 is 0 Å². The van der Waals surface area contributed by atoms with Crippen molar-refractivity contribution in [3.8, 4) is 11.3 Å². The van der Waals surface area contributed by atoms with Crippen molar-refractivity contribution < 1.29 is 12.8 Å². The highest BCUT2D eigenvalue weighted by atomic mass is 32.2. The Hall–Kier alpha value is -2.83. The second-order valence-electron chi connectivity index (χ2n) is 6.56. The average molecular weight is 424 g/mol. The summed E-state index contributed by atoms with van der Waals surface area (Å²) in [4.78, 5) is 1.97. The van der Waals surface area contributed by atoms with Crippen molar-refractivity contribution in [1.82, 2.24) is 3.97 Å². The molecule has 0 atom stereocenters. The number of benzene rings is 3. The molecular formula is C23H18FNO2S2. The zero-order valence-electron chi connectivity index (χ0n) is 15.6. The molecular weight excluding hydrogens is 405 g/mol. The summed E-state index contributed by atoms with van der Waals surface area (Å²) in [5.41, 5.74) is 2.13. The SMILES string of the molecule is Cc1ccc(S(=O)(=O)n2ccc(Sc3ccccc3)c2-c2ccc(F)cc2)cc1. The molecule has 0 amide bonds. The van der Waals surface area contributed by atoms with Gasteiger partial charge < -0.3 is 0 Å². The molecule has 146 valence electrons. The van der Waals surface area contributed by atoms with E-state index < -0.39 is 10.0 Å². The van der Waals surface area contributed by atoms with Crippen molar-refractivity contribution in [2.24, 2.45) is 0 Å². The minimum Gasteiger partial charge on any atom is -0.240 e. The van der Waals surface area contributed by atoms with Gasteiger partial charge in [-0.3, -0.25) is 0 Å². The highest BCUT2D eigenvalue weighted by molar-refractivity contribution is 7.99. The zero-order chi connectivity index (χ0) is 20.4. The molecule has 0 aliphatic carbocycles. The molecule has 3 nitrogen and oxygen atoms in total. The van der Waals surface area contributed by atoms with Gasteiger partial charge in [0, 0.05) is 21.6 Å². The molecule has 0 radical (unpaired) electrons.